The number of ether oxygens (including phenoxy) is 3. The molecule has 1 aromatic heterocycles. The van der Waals surface area contributed by atoms with Crippen molar-refractivity contribution in [2.24, 2.45) is 22.9 Å². The summed E-state index contributed by atoms with van der Waals surface area (Å²) in [6.45, 7) is 8.47. The van der Waals surface area contributed by atoms with Crippen molar-refractivity contribution in [2.75, 3.05) is 40.0 Å². The van der Waals surface area contributed by atoms with E-state index < -0.39 is 33.9 Å². The standard InChI is InChI=1S/C42H54N4O9S/c1-5-24-52-42-37(46(4)56(50,51)36-18-12-15-28-16-13-21-44-40(28)36)27-34(45-53-7-3)32-25-29(14-8-10-22-47)31(17-9-11-23-48)38(39(32)42)33-26-30(19-20-35(33)55-42)54-41(49)43-6-2/h5,12-13,15-16,18-21,25-26,29,31,37-39,47-48H,1,6-11,14,17,22-24,27H2,2-4H3,(H,43,49)/t29-,31+,37-,38+,39+,42+/m0/s1. The van der Waals surface area contributed by atoms with Crippen LogP contribution >= 0.6 is 0 Å². The van der Waals surface area contributed by atoms with E-state index in [4.69, 9.17) is 19.0 Å². The molecule has 1 saturated carbocycles. The second kappa shape index (κ2) is 18.3. The van der Waals surface area contributed by atoms with Crippen LogP contribution in [0.25, 0.3) is 10.9 Å². The number of amides is 1. The number of hydrogen-bond donors (Lipinski definition) is 3. The van der Waals surface area contributed by atoms with Crippen LogP contribution < -0.4 is 14.8 Å². The smallest absolute Gasteiger partial charge is 0.412 e. The lowest BCUT2D eigenvalue weighted by molar-refractivity contribution is -0.250. The van der Waals surface area contributed by atoms with Gasteiger partial charge in [0.25, 0.3) is 0 Å². The van der Waals surface area contributed by atoms with Crippen molar-refractivity contribution < 1.29 is 42.5 Å². The van der Waals surface area contributed by atoms with E-state index in [0.29, 0.717) is 54.1 Å². The van der Waals surface area contributed by atoms with Gasteiger partial charge in [0.15, 0.2) is 0 Å². The molecule has 302 valence electrons. The highest BCUT2D eigenvalue weighted by molar-refractivity contribution is 7.89. The van der Waals surface area contributed by atoms with E-state index >= 15 is 0 Å². The first-order valence-electron chi connectivity index (χ1n) is 19.6. The van der Waals surface area contributed by atoms with Crippen molar-refractivity contribution in [3.8, 4) is 11.5 Å². The van der Waals surface area contributed by atoms with E-state index in [1.54, 1.807) is 49.7 Å². The average Bonchev–Trinajstić information content (AvgIpc) is 3.20. The third kappa shape index (κ3) is 8.08. The number of unbranched alkanes of at least 4 members (excludes halogenated alkanes) is 2. The van der Waals surface area contributed by atoms with E-state index in [0.717, 1.165) is 36.8 Å². The van der Waals surface area contributed by atoms with Crippen LogP contribution in [0, 0.1) is 17.8 Å². The molecule has 0 unspecified atom stereocenters. The van der Waals surface area contributed by atoms with Gasteiger partial charge >= 0.3 is 6.09 Å². The Hall–Kier alpha value is -4.34. The molecule has 2 aliphatic carbocycles. The lowest BCUT2D eigenvalue weighted by atomic mass is 9.55. The summed E-state index contributed by atoms with van der Waals surface area (Å²) in [7, 11) is -2.71. The minimum Gasteiger partial charge on any atom is -0.460 e. The fourth-order valence-electron chi connectivity index (χ4n) is 8.80. The number of likely N-dealkylation sites (N-methyl/N-ethyl adjacent to an activating group) is 1. The van der Waals surface area contributed by atoms with Crippen LogP contribution in [0.4, 0.5) is 4.79 Å². The van der Waals surface area contributed by atoms with Gasteiger partial charge in [-0.05, 0) is 87.3 Å². The van der Waals surface area contributed by atoms with Gasteiger partial charge in [0.05, 0.1) is 29.8 Å². The highest BCUT2D eigenvalue weighted by Gasteiger charge is 2.65. The second-order valence-electron chi connectivity index (χ2n) is 14.5. The van der Waals surface area contributed by atoms with E-state index in [-0.39, 0.29) is 48.9 Å². The van der Waals surface area contributed by atoms with Crippen molar-refractivity contribution in [1.29, 1.82) is 0 Å². The molecule has 0 bridgehead atoms. The number of aliphatic hydroxyl groups is 2. The minimum atomic E-state index is -4.25. The van der Waals surface area contributed by atoms with Crippen LogP contribution in [0.5, 0.6) is 11.5 Å². The number of pyridine rings is 1. The van der Waals surface area contributed by atoms with Gasteiger partial charge in [0, 0.05) is 56.3 Å². The number of nitrogens with one attached hydrogen (secondary N) is 1. The number of aromatic nitrogens is 1. The maximum atomic E-state index is 15.0. The van der Waals surface area contributed by atoms with Crippen molar-refractivity contribution in [1.82, 2.24) is 14.6 Å². The van der Waals surface area contributed by atoms with Gasteiger partial charge in [-0.2, -0.15) is 4.31 Å². The average molecular weight is 791 g/mol. The van der Waals surface area contributed by atoms with Crippen LogP contribution in [-0.4, -0.2) is 91.6 Å². The maximum Gasteiger partial charge on any atom is 0.412 e. The lowest BCUT2D eigenvalue weighted by Gasteiger charge is -2.59. The summed E-state index contributed by atoms with van der Waals surface area (Å²) >= 11 is 0. The molecule has 13 nitrogen and oxygen atoms in total. The molecule has 3 N–H and O–H groups in total. The summed E-state index contributed by atoms with van der Waals surface area (Å²) in [6.07, 6.45) is 9.21. The number of nitrogens with zero attached hydrogens (tertiary/aromatic N) is 3. The quantitative estimate of drug-likeness (QED) is 0.0754. The topological polar surface area (TPSA) is 169 Å². The lowest BCUT2D eigenvalue weighted by Crippen LogP contribution is -2.69. The zero-order valence-electron chi connectivity index (χ0n) is 32.4. The molecular weight excluding hydrogens is 737 g/mol. The van der Waals surface area contributed by atoms with Gasteiger partial charge in [-0.1, -0.05) is 48.3 Å². The molecule has 1 aliphatic heterocycles. The zero-order valence-corrected chi connectivity index (χ0v) is 33.2. The normalized spacial score (nSPS) is 24.9. The number of sulfonamides is 1. The summed E-state index contributed by atoms with van der Waals surface area (Å²) in [5, 5.41) is 27.6. The van der Waals surface area contributed by atoms with Crippen LogP contribution in [0.2, 0.25) is 0 Å². The molecule has 0 spiro atoms. The number of hydrogen-bond acceptors (Lipinski definition) is 11. The van der Waals surface area contributed by atoms with Crippen molar-refractivity contribution in [2.45, 2.75) is 81.4 Å². The van der Waals surface area contributed by atoms with E-state index in [9.17, 15) is 23.4 Å². The highest BCUT2D eigenvalue weighted by Crippen LogP contribution is 2.62. The Bertz CT molecular complexity index is 2030. The summed E-state index contributed by atoms with van der Waals surface area (Å²) in [5.74, 6) is -1.75. The van der Waals surface area contributed by atoms with Gasteiger partial charge in [-0.25, -0.2) is 13.2 Å². The van der Waals surface area contributed by atoms with Gasteiger partial charge in [0.2, 0.25) is 15.8 Å². The molecule has 56 heavy (non-hydrogen) atoms. The first kappa shape index (κ1) is 41.3. The molecule has 0 radical (unpaired) electrons. The zero-order chi connectivity index (χ0) is 39.9. The summed E-state index contributed by atoms with van der Waals surface area (Å²) < 4.78 is 51.0. The number of benzene rings is 2. The Morgan fingerprint density at radius 2 is 1.88 bits per heavy atom. The Kier molecular flexibility index (Phi) is 13.5. The van der Waals surface area contributed by atoms with Crippen LogP contribution in [-0.2, 0) is 19.6 Å². The fourth-order valence-corrected chi connectivity index (χ4v) is 10.3. The predicted octanol–water partition coefficient (Wildman–Crippen LogP) is 6.32. The maximum absolute atomic E-state index is 15.0. The molecule has 0 saturated heterocycles. The van der Waals surface area contributed by atoms with Crippen LogP contribution in [0.15, 0.2) is 89.1 Å². The highest BCUT2D eigenvalue weighted by atomic mass is 32.2. The molecule has 3 aromatic rings. The molecule has 3 aliphatic rings. The molecule has 1 fully saturated rings. The third-order valence-corrected chi connectivity index (χ3v) is 13.1. The summed E-state index contributed by atoms with van der Waals surface area (Å²) in [4.78, 5) is 22.9. The minimum absolute atomic E-state index is 0.0131. The molecule has 2 aromatic carbocycles. The molecular formula is C42H54N4O9S. The van der Waals surface area contributed by atoms with Gasteiger partial charge in [-0.15, -0.1) is 6.58 Å². The molecule has 6 atom stereocenters. The van der Waals surface area contributed by atoms with E-state index in [2.05, 4.69) is 28.1 Å². The number of allylic oxidation sites excluding steroid dienone is 1. The molecule has 6 rings (SSSR count). The number of oxime groups is 1. The molecule has 2 heterocycles. The summed E-state index contributed by atoms with van der Waals surface area (Å²) in [6, 6.07) is 13.0. The van der Waals surface area contributed by atoms with Gasteiger partial charge in [-0.3, -0.25) is 4.98 Å². The van der Waals surface area contributed by atoms with Crippen LogP contribution in [0.3, 0.4) is 0 Å². The fraction of sp³-hybridized carbons (Fsp3) is 0.500. The molecule has 1 amide bonds. The summed E-state index contributed by atoms with van der Waals surface area (Å²) in [5.41, 5.74) is 2.57. The Morgan fingerprint density at radius 3 is 2.61 bits per heavy atom. The number of rotatable bonds is 18. The monoisotopic (exact) mass is 790 g/mol. The van der Waals surface area contributed by atoms with Gasteiger partial charge < -0.3 is 34.6 Å². The van der Waals surface area contributed by atoms with E-state index in [1.807, 2.05) is 32.0 Å². The van der Waals surface area contributed by atoms with Gasteiger partial charge in [0.1, 0.15) is 23.0 Å². The largest absolute Gasteiger partial charge is 0.460 e. The Morgan fingerprint density at radius 1 is 1.11 bits per heavy atom. The number of fused-ring (bicyclic) bond motifs is 3. The number of para-hydroxylation sites is 1. The third-order valence-electron chi connectivity index (χ3n) is 11.2. The van der Waals surface area contributed by atoms with Crippen molar-refractivity contribution in [3.63, 3.8) is 0 Å². The first-order valence-corrected chi connectivity index (χ1v) is 21.1. The predicted molar refractivity (Wildman–Crippen MR) is 213 cm³/mol. The van der Waals surface area contributed by atoms with E-state index in [1.165, 1.54) is 4.31 Å². The number of carbonyl (C=O) groups is 1. The Labute approximate surface area is 329 Å². The second-order valence-corrected chi connectivity index (χ2v) is 16.4. The van der Waals surface area contributed by atoms with Crippen molar-refractivity contribution in [3.05, 3.63) is 84.6 Å². The first-order chi connectivity index (χ1) is 27.1. The van der Waals surface area contributed by atoms with Crippen molar-refractivity contribution >= 4 is 32.7 Å². The number of aliphatic hydroxyl groups excluding tert-OH is 2. The molecule has 14 heteroatoms. The Balaban J connectivity index is 1.60. The number of carbonyl (C=O) groups excluding carboxylic acids is 1. The SMILES string of the molecule is C=CCO[C@@]12Oc3ccc(OC(=O)NCC)cc3[C@H]3[C@H](CCCCO)[C@@H](CCCCO)C=C(C(=NOCC)C[C@@H]1N(C)S(=O)(=O)c1cccc4cccnc14)[C@H]32. The van der Waals surface area contributed by atoms with Crippen LogP contribution in [0.1, 0.15) is 70.3 Å².